The van der Waals surface area contributed by atoms with E-state index in [-0.39, 0.29) is 4.75 Å². The number of pyridine rings is 1. The fourth-order valence-electron chi connectivity index (χ4n) is 0.816. The van der Waals surface area contributed by atoms with Crippen molar-refractivity contribution in [3.05, 3.63) is 29.6 Å². The molecule has 82 valence electrons. The number of nitrogens with zero attached hydrogens (tertiary/aromatic N) is 2. The Balaban J connectivity index is 2.74. The van der Waals surface area contributed by atoms with Crippen molar-refractivity contribution in [2.45, 2.75) is 32.4 Å². The van der Waals surface area contributed by atoms with Crippen LogP contribution < -0.4 is 0 Å². The minimum absolute atomic E-state index is 0.318. The van der Waals surface area contributed by atoms with Crippen LogP contribution in [0, 0.1) is 6.92 Å². The first kappa shape index (κ1) is 12.0. The Morgan fingerprint density at radius 1 is 1.40 bits per heavy atom. The number of hydrogen-bond acceptors (Lipinski definition) is 2. The predicted molar refractivity (Wildman–Crippen MR) is 64.5 cm³/mol. The normalized spacial score (nSPS) is 14.4. The second kappa shape index (κ2) is 4.66. The molecule has 1 rings (SSSR count). The minimum atomic E-state index is -1.21. The van der Waals surface area contributed by atoms with Gasteiger partial charge in [0.25, 0.3) is 0 Å². The van der Waals surface area contributed by atoms with E-state index < -0.39 is 11.0 Å². The van der Waals surface area contributed by atoms with E-state index in [2.05, 4.69) is 9.38 Å². The van der Waals surface area contributed by atoms with E-state index in [1.165, 1.54) is 0 Å². The molecular weight excluding hydrogens is 208 g/mol. The summed E-state index contributed by atoms with van der Waals surface area (Å²) in [6.07, 6.45) is 3.32. The van der Waals surface area contributed by atoms with Crippen molar-refractivity contribution in [1.82, 2.24) is 4.98 Å². The maximum atomic E-state index is 11.6. The molecule has 0 amide bonds. The number of aromatic nitrogens is 1. The smallest absolute Gasteiger partial charge is 0.144 e. The third-order valence-electron chi connectivity index (χ3n) is 1.74. The summed E-state index contributed by atoms with van der Waals surface area (Å²) in [4.78, 5) is 4.15. The molecule has 0 aliphatic carbocycles. The molecule has 4 heteroatoms. The van der Waals surface area contributed by atoms with Gasteiger partial charge in [0.1, 0.15) is 11.0 Å². The number of hydrogen-bond donors (Lipinski definition) is 0. The molecule has 0 aromatic carbocycles. The molecule has 1 heterocycles. The summed E-state index contributed by atoms with van der Waals surface area (Å²) in [5.41, 5.74) is 1.84. The molecule has 0 saturated heterocycles. The van der Waals surface area contributed by atoms with Gasteiger partial charge in [-0.1, -0.05) is 6.07 Å². The lowest BCUT2D eigenvalue weighted by Gasteiger charge is -2.12. The number of aryl methyl sites for hydroxylation is 1. The standard InChI is InChI=1S/C11H16N2OS/c1-9-5-6-10(12-7-9)8-13-15(14)11(2,3)4/h5-8H,1-4H3/t15-/m1/s1. The zero-order valence-corrected chi connectivity index (χ0v) is 10.3. The van der Waals surface area contributed by atoms with Gasteiger partial charge >= 0.3 is 0 Å². The lowest BCUT2D eigenvalue weighted by molar-refractivity contribution is 0.651. The van der Waals surface area contributed by atoms with Crippen molar-refractivity contribution >= 4 is 17.2 Å². The molecule has 1 atom stereocenters. The van der Waals surface area contributed by atoms with Gasteiger partial charge in [-0.15, -0.1) is 0 Å². The maximum absolute atomic E-state index is 11.6. The monoisotopic (exact) mass is 224 g/mol. The van der Waals surface area contributed by atoms with Gasteiger partial charge in [0.15, 0.2) is 0 Å². The first-order chi connectivity index (χ1) is 6.89. The van der Waals surface area contributed by atoms with Gasteiger partial charge in [-0.05, 0) is 39.3 Å². The van der Waals surface area contributed by atoms with Crippen LogP contribution in [0.15, 0.2) is 22.7 Å². The molecule has 0 bridgehead atoms. The topological polar surface area (TPSA) is 42.3 Å². The quantitative estimate of drug-likeness (QED) is 0.723. The zero-order valence-electron chi connectivity index (χ0n) is 9.52. The zero-order chi connectivity index (χ0) is 11.5. The van der Waals surface area contributed by atoms with Gasteiger partial charge in [0.05, 0.1) is 16.7 Å². The van der Waals surface area contributed by atoms with Crippen LogP contribution in [0.2, 0.25) is 0 Å². The Hall–Kier alpha value is -1.03. The van der Waals surface area contributed by atoms with Crippen molar-refractivity contribution in [2.75, 3.05) is 0 Å². The highest BCUT2D eigenvalue weighted by Gasteiger charge is 2.18. The van der Waals surface area contributed by atoms with Crippen LogP contribution in [0.1, 0.15) is 32.0 Å². The van der Waals surface area contributed by atoms with Crippen LogP contribution in [0.5, 0.6) is 0 Å². The molecule has 0 radical (unpaired) electrons. The highest BCUT2D eigenvalue weighted by Crippen LogP contribution is 2.11. The second-order valence-electron chi connectivity index (χ2n) is 4.36. The summed E-state index contributed by atoms with van der Waals surface area (Å²) < 4.78 is 15.3. The highest BCUT2D eigenvalue weighted by molar-refractivity contribution is 7.85. The van der Waals surface area contributed by atoms with Crippen LogP contribution in [-0.4, -0.2) is 20.2 Å². The molecule has 15 heavy (non-hydrogen) atoms. The SMILES string of the molecule is Cc1ccc(C=N[S@](=O)C(C)(C)C)nc1. The minimum Gasteiger partial charge on any atom is -0.255 e. The first-order valence-electron chi connectivity index (χ1n) is 4.78. The molecule has 0 fully saturated rings. The fraction of sp³-hybridized carbons (Fsp3) is 0.455. The fourth-order valence-corrected chi connectivity index (χ4v) is 1.34. The maximum Gasteiger partial charge on any atom is 0.144 e. The van der Waals surface area contributed by atoms with Crippen LogP contribution in [-0.2, 0) is 11.0 Å². The van der Waals surface area contributed by atoms with Crippen molar-refractivity contribution < 1.29 is 4.21 Å². The lowest BCUT2D eigenvalue weighted by atomic mass is 10.3. The highest BCUT2D eigenvalue weighted by atomic mass is 32.2. The molecule has 0 spiro atoms. The molecule has 0 saturated carbocycles. The summed E-state index contributed by atoms with van der Waals surface area (Å²) in [6, 6.07) is 3.81. The average Bonchev–Trinajstić information content (AvgIpc) is 2.15. The lowest BCUT2D eigenvalue weighted by Crippen LogP contribution is -2.19. The predicted octanol–water partition coefficient (Wildman–Crippen LogP) is 2.27. The van der Waals surface area contributed by atoms with Crippen molar-refractivity contribution in [3.8, 4) is 0 Å². The summed E-state index contributed by atoms with van der Waals surface area (Å²) in [5, 5.41) is 0. The van der Waals surface area contributed by atoms with Gasteiger partial charge in [-0.2, -0.15) is 4.40 Å². The van der Waals surface area contributed by atoms with Gasteiger partial charge in [-0.25, -0.2) is 4.21 Å². The van der Waals surface area contributed by atoms with E-state index in [1.54, 1.807) is 12.4 Å². The van der Waals surface area contributed by atoms with Crippen LogP contribution in [0.4, 0.5) is 0 Å². The summed E-state index contributed by atoms with van der Waals surface area (Å²) >= 11 is 0. The van der Waals surface area contributed by atoms with E-state index in [0.717, 1.165) is 11.3 Å². The molecule has 1 aromatic heterocycles. The van der Waals surface area contributed by atoms with E-state index >= 15 is 0 Å². The van der Waals surface area contributed by atoms with Gasteiger partial charge in [-0.3, -0.25) is 4.98 Å². The molecule has 0 aliphatic rings. The van der Waals surface area contributed by atoms with Gasteiger partial charge in [0, 0.05) is 6.20 Å². The third-order valence-corrected chi connectivity index (χ3v) is 3.08. The second-order valence-corrected chi connectivity index (χ2v) is 6.29. The molecule has 0 unspecified atom stereocenters. The molecular formula is C11H16N2OS. The van der Waals surface area contributed by atoms with Crippen LogP contribution in [0.25, 0.3) is 0 Å². The van der Waals surface area contributed by atoms with Crippen molar-refractivity contribution in [1.29, 1.82) is 0 Å². The van der Waals surface area contributed by atoms with Crippen molar-refractivity contribution in [2.24, 2.45) is 4.40 Å². The third kappa shape index (κ3) is 3.91. The Morgan fingerprint density at radius 2 is 2.07 bits per heavy atom. The van der Waals surface area contributed by atoms with E-state index in [0.29, 0.717) is 0 Å². The van der Waals surface area contributed by atoms with Gasteiger partial charge in [0.2, 0.25) is 0 Å². The van der Waals surface area contributed by atoms with Gasteiger partial charge < -0.3 is 0 Å². The van der Waals surface area contributed by atoms with E-state index in [1.807, 2.05) is 39.8 Å². The molecule has 0 N–H and O–H groups in total. The Kier molecular flexibility index (Phi) is 3.74. The Morgan fingerprint density at radius 3 is 2.53 bits per heavy atom. The van der Waals surface area contributed by atoms with E-state index in [9.17, 15) is 4.21 Å². The van der Waals surface area contributed by atoms with Crippen LogP contribution in [0.3, 0.4) is 0 Å². The number of rotatable bonds is 2. The first-order valence-corrected chi connectivity index (χ1v) is 5.89. The molecule has 3 nitrogen and oxygen atoms in total. The summed E-state index contributed by atoms with van der Waals surface area (Å²) in [5.74, 6) is 0. The largest absolute Gasteiger partial charge is 0.255 e. The average molecular weight is 224 g/mol. The summed E-state index contributed by atoms with van der Waals surface area (Å²) in [6.45, 7) is 7.65. The molecule has 0 aliphatic heterocycles. The Bertz CT molecular complexity index is 377. The van der Waals surface area contributed by atoms with E-state index in [4.69, 9.17) is 0 Å². The molecule has 1 aromatic rings. The summed E-state index contributed by atoms with van der Waals surface area (Å²) in [7, 11) is -1.21. The Labute approximate surface area is 93.2 Å². The van der Waals surface area contributed by atoms with Crippen molar-refractivity contribution in [3.63, 3.8) is 0 Å². The van der Waals surface area contributed by atoms with Crippen LogP contribution >= 0.6 is 0 Å².